The van der Waals surface area contributed by atoms with Crippen molar-refractivity contribution in [3.8, 4) is 11.5 Å². The summed E-state index contributed by atoms with van der Waals surface area (Å²) in [6.45, 7) is 0. The van der Waals surface area contributed by atoms with E-state index in [9.17, 15) is 0 Å². The lowest BCUT2D eigenvalue weighted by atomic mass is 9.95. The summed E-state index contributed by atoms with van der Waals surface area (Å²) in [5.41, 5.74) is 14.8. The fraction of sp³-hybridized carbons (Fsp3) is 0.333. The summed E-state index contributed by atoms with van der Waals surface area (Å²) in [7, 11) is 3.32. The second-order valence-corrected chi connectivity index (χ2v) is 5.43. The zero-order valence-corrected chi connectivity index (χ0v) is 13.2. The predicted octanol–water partition coefficient (Wildman–Crippen LogP) is 2.14. The van der Waals surface area contributed by atoms with Gasteiger partial charge in [-0.2, -0.15) is 0 Å². The first kappa shape index (κ1) is 16.3. The molecule has 4 nitrogen and oxygen atoms in total. The summed E-state index contributed by atoms with van der Waals surface area (Å²) in [4.78, 5) is 0. The van der Waals surface area contributed by atoms with E-state index in [4.69, 9.17) is 20.9 Å². The molecule has 22 heavy (non-hydrogen) atoms. The van der Waals surface area contributed by atoms with Gasteiger partial charge in [0.2, 0.25) is 0 Å². The highest BCUT2D eigenvalue weighted by atomic mass is 16.5. The van der Waals surface area contributed by atoms with Crippen LogP contribution in [0.5, 0.6) is 11.5 Å². The van der Waals surface area contributed by atoms with E-state index in [-0.39, 0.29) is 12.1 Å². The van der Waals surface area contributed by atoms with Gasteiger partial charge in [-0.25, -0.2) is 0 Å². The normalized spacial score (nSPS) is 13.5. The van der Waals surface area contributed by atoms with Gasteiger partial charge < -0.3 is 20.9 Å². The van der Waals surface area contributed by atoms with E-state index in [0.29, 0.717) is 0 Å². The van der Waals surface area contributed by atoms with Crippen LogP contribution in [0.25, 0.3) is 0 Å². The van der Waals surface area contributed by atoms with Crippen LogP contribution < -0.4 is 20.9 Å². The molecule has 2 unspecified atom stereocenters. The van der Waals surface area contributed by atoms with Gasteiger partial charge in [-0.1, -0.05) is 24.3 Å². The largest absolute Gasteiger partial charge is 0.497 e. The Hall–Kier alpha value is -2.04. The molecule has 0 amide bonds. The van der Waals surface area contributed by atoms with Gasteiger partial charge in [0.05, 0.1) is 14.2 Å². The highest BCUT2D eigenvalue weighted by Crippen LogP contribution is 2.15. The van der Waals surface area contributed by atoms with Crippen LogP contribution in [0, 0.1) is 0 Å². The molecule has 4 N–H and O–H groups in total. The molecule has 4 heteroatoms. The van der Waals surface area contributed by atoms with Crippen LogP contribution in [-0.2, 0) is 12.8 Å². The Morgan fingerprint density at radius 3 is 1.27 bits per heavy atom. The highest BCUT2D eigenvalue weighted by Gasteiger charge is 2.14. The van der Waals surface area contributed by atoms with Gasteiger partial charge in [0.1, 0.15) is 11.5 Å². The smallest absolute Gasteiger partial charge is 0.118 e. The molecule has 2 rings (SSSR count). The predicted molar refractivity (Wildman–Crippen MR) is 89.3 cm³/mol. The van der Waals surface area contributed by atoms with E-state index in [2.05, 4.69) is 0 Å². The van der Waals surface area contributed by atoms with Crippen molar-refractivity contribution in [3.63, 3.8) is 0 Å². The number of ether oxygens (including phenoxy) is 2. The Morgan fingerprint density at radius 1 is 0.682 bits per heavy atom. The van der Waals surface area contributed by atoms with E-state index >= 15 is 0 Å². The maximum Gasteiger partial charge on any atom is 0.118 e. The minimum atomic E-state index is -0.0875. The Kier molecular flexibility index (Phi) is 5.81. The maximum absolute atomic E-state index is 6.24. The van der Waals surface area contributed by atoms with Gasteiger partial charge in [0.15, 0.2) is 0 Å². The molecule has 0 fully saturated rings. The molecular weight excluding hydrogens is 276 g/mol. The second-order valence-electron chi connectivity index (χ2n) is 5.43. The number of nitrogens with two attached hydrogens (primary N) is 2. The molecule has 2 aromatic carbocycles. The Bertz CT molecular complexity index is 513. The van der Waals surface area contributed by atoms with E-state index in [1.54, 1.807) is 14.2 Å². The lowest BCUT2D eigenvalue weighted by Gasteiger charge is -2.20. The van der Waals surface area contributed by atoms with E-state index < -0.39 is 0 Å². The Balaban J connectivity index is 1.91. The van der Waals surface area contributed by atoms with Crippen molar-refractivity contribution < 1.29 is 9.47 Å². The topological polar surface area (TPSA) is 70.5 Å². The van der Waals surface area contributed by atoms with E-state index in [1.165, 1.54) is 11.1 Å². The number of hydrogen-bond donors (Lipinski definition) is 2. The molecule has 0 heterocycles. The molecule has 118 valence electrons. The van der Waals surface area contributed by atoms with Crippen molar-refractivity contribution in [2.75, 3.05) is 14.2 Å². The van der Waals surface area contributed by atoms with Crippen molar-refractivity contribution in [2.45, 2.75) is 24.9 Å². The average molecular weight is 300 g/mol. The van der Waals surface area contributed by atoms with Crippen molar-refractivity contribution >= 4 is 0 Å². The lowest BCUT2D eigenvalue weighted by Crippen LogP contribution is -2.44. The summed E-state index contributed by atoms with van der Waals surface area (Å²) in [6, 6.07) is 15.7. The zero-order chi connectivity index (χ0) is 15.9. The van der Waals surface area contributed by atoms with Crippen LogP contribution in [0.2, 0.25) is 0 Å². The van der Waals surface area contributed by atoms with Crippen LogP contribution in [0.1, 0.15) is 11.1 Å². The molecule has 0 bridgehead atoms. The van der Waals surface area contributed by atoms with E-state index in [0.717, 1.165) is 24.3 Å². The van der Waals surface area contributed by atoms with Gasteiger partial charge in [-0.05, 0) is 48.2 Å². The molecular formula is C18H24N2O2. The molecule has 0 saturated heterocycles. The minimum Gasteiger partial charge on any atom is -0.497 e. The Labute approximate surface area is 132 Å². The number of rotatable bonds is 7. The molecule has 0 saturated carbocycles. The summed E-state index contributed by atoms with van der Waals surface area (Å²) >= 11 is 0. The number of methoxy groups -OCH3 is 2. The van der Waals surface area contributed by atoms with Gasteiger partial charge >= 0.3 is 0 Å². The highest BCUT2D eigenvalue weighted by molar-refractivity contribution is 5.29. The van der Waals surface area contributed by atoms with Gasteiger partial charge in [-0.3, -0.25) is 0 Å². The lowest BCUT2D eigenvalue weighted by molar-refractivity contribution is 0.414. The Morgan fingerprint density at radius 2 is 1.00 bits per heavy atom. The molecule has 0 aliphatic rings. The van der Waals surface area contributed by atoms with Crippen molar-refractivity contribution in [2.24, 2.45) is 11.5 Å². The molecule has 0 aliphatic heterocycles. The summed E-state index contributed by atoms with van der Waals surface area (Å²) in [6.07, 6.45) is 1.50. The quantitative estimate of drug-likeness (QED) is 0.822. The third-order valence-electron chi connectivity index (χ3n) is 3.81. The third-order valence-corrected chi connectivity index (χ3v) is 3.81. The van der Waals surface area contributed by atoms with Crippen LogP contribution >= 0.6 is 0 Å². The second kappa shape index (κ2) is 7.82. The summed E-state index contributed by atoms with van der Waals surface area (Å²) < 4.78 is 10.3. The van der Waals surface area contributed by atoms with Gasteiger partial charge in [-0.15, -0.1) is 0 Å². The summed E-state index contributed by atoms with van der Waals surface area (Å²) in [5, 5.41) is 0. The SMILES string of the molecule is COc1ccc(CC(N)C(N)Cc2ccc(OC)cc2)cc1. The zero-order valence-electron chi connectivity index (χ0n) is 13.2. The van der Waals surface area contributed by atoms with Crippen LogP contribution in [0.15, 0.2) is 48.5 Å². The first-order valence-corrected chi connectivity index (χ1v) is 7.39. The summed E-state index contributed by atoms with van der Waals surface area (Å²) in [5.74, 6) is 1.69. The fourth-order valence-electron chi connectivity index (χ4n) is 2.37. The molecule has 0 aromatic heterocycles. The molecule has 0 radical (unpaired) electrons. The van der Waals surface area contributed by atoms with Gasteiger partial charge in [0, 0.05) is 12.1 Å². The van der Waals surface area contributed by atoms with Crippen LogP contribution in [0.3, 0.4) is 0 Å². The number of hydrogen-bond acceptors (Lipinski definition) is 4. The third kappa shape index (κ3) is 4.48. The van der Waals surface area contributed by atoms with E-state index in [1.807, 2.05) is 48.5 Å². The molecule has 0 aliphatic carbocycles. The molecule has 2 atom stereocenters. The van der Waals surface area contributed by atoms with Crippen LogP contribution in [-0.4, -0.2) is 26.3 Å². The average Bonchev–Trinajstić information content (AvgIpc) is 2.56. The molecule has 0 spiro atoms. The first-order valence-electron chi connectivity index (χ1n) is 7.39. The van der Waals surface area contributed by atoms with Crippen molar-refractivity contribution in [1.82, 2.24) is 0 Å². The monoisotopic (exact) mass is 300 g/mol. The van der Waals surface area contributed by atoms with Crippen molar-refractivity contribution in [1.29, 1.82) is 0 Å². The van der Waals surface area contributed by atoms with Gasteiger partial charge in [0.25, 0.3) is 0 Å². The van der Waals surface area contributed by atoms with Crippen LogP contribution in [0.4, 0.5) is 0 Å². The fourth-order valence-corrected chi connectivity index (χ4v) is 2.37. The first-order chi connectivity index (χ1) is 10.6. The molecule has 2 aromatic rings. The minimum absolute atomic E-state index is 0.0875. The maximum atomic E-state index is 6.24. The standard InChI is InChI=1S/C18H24N2O2/c1-21-15-7-3-13(4-8-15)11-17(19)18(20)12-14-5-9-16(22-2)10-6-14/h3-10,17-18H,11-12,19-20H2,1-2H3. The number of benzene rings is 2. The van der Waals surface area contributed by atoms with Crippen molar-refractivity contribution in [3.05, 3.63) is 59.7 Å².